The van der Waals surface area contributed by atoms with Crippen molar-refractivity contribution in [2.75, 3.05) is 0 Å². The molecule has 4 N–H and O–H groups in total. The number of H-pyrrole nitrogens is 1. The van der Waals surface area contributed by atoms with Gasteiger partial charge in [-0.2, -0.15) is 5.10 Å². The predicted molar refractivity (Wildman–Crippen MR) is 35.2 cm³/mol. The Morgan fingerprint density at radius 1 is 1.91 bits per heavy atom. The lowest BCUT2D eigenvalue weighted by Crippen LogP contribution is -2.35. The van der Waals surface area contributed by atoms with E-state index in [2.05, 4.69) is 10.3 Å². The fourth-order valence-corrected chi connectivity index (χ4v) is 0.575. The highest BCUT2D eigenvalue weighted by molar-refractivity contribution is 5.74. The summed E-state index contributed by atoms with van der Waals surface area (Å²) in [6.07, 6.45) is 1.07. The maximum absolute atomic E-state index is 10.7. The molecule has 0 bridgehead atoms. The zero-order valence-corrected chi connectivity index (χ0v) is 5.57. The van der Waals surface area contributed by atoms with Crippen LogP contribution >= 0.6 is 0 Å². The summed E-state index contributed by atoms with van der Waals surface area (Å²) in [7, 11) is 0. The Kier molecular flexibility index (Phi) is 2.02. The van der Waals surface area contributed by atoms with Crippen molar-refractivity contribution >= 4 is 5.91 Å². The van der Waals surface area contributed by atoms with Crippen LogP contribution in [0.15, 0.2) is 11.0 Å². The minimum absolute atomic E-state index is 0.144. The molecular weight excluding hydrogens is 150 g/mol. The zero-order valence-electron chi connectivity index (χ0n) is 5.57. The molecule has 0 saturated heterocycles. The van der Waals surface area contributed by atoms with Crippen molar-refractivity contribution in [2.24, 2.45) is 5.84 Å². The van der Waals surface area contributed by atoms with Crippen LogP contribution in [0.4, 0.5) is 0 Å². The van der Waals surface area contributed by atoms with E-state index in [0.29, 0.717) is 0 Å². The largest absolute Gasteiger partial charge is 0.293 e. The van der Waals surface area contributed by atoms with E-state index in [1.807, 2.05) is 5.43 Å². The molecule has 1 aromatic rings. The maximum atomic E-state index is 10.7. The number of rotatable bonds is 2. The number of hydrogen-bond acceptors (Lipinski definition) is 4. The summed E-state index contributed by atoms with van der Waals surface area (Å²) in [6, 6.07) is 0. The number of carbonyl (C=O) groups excluding carboxylic acids is 1. The summed E-state index contributed by atoms with van der Waals surface area (Å²) in [4.78, 5) is 21.3. The number of nitrogens with one attached hydrogen (secondary N) is 2. The normalized spacial score (nSPS) is 9.55. The van der Waals surface area contributed by atoms with Crippen molar-refractivity contribution in [3.05, 3.63) is 16.6 Å². The van der Waals surface area contributed by atoms with E-state index in [4.69, 9.17) is 5.84 Å². The Morgan fingerprint density at radius 2 is 2.64 bits per heavy atom. The molecule has 0 unspecified atom stereocenters. The molecule has 0 aliphatic heterocycles. The third kappa shape index (κ3) is 1.64. The molecule has 0 saturated carbocycles. The zero-order chi connectivity index (χ0) is 8.27. The average molecular weight is 157 g/mol. The first-order valence-electron chi connectivity index (χ1n) is 2.83. The highest BCUT2D eigenvalue weighted by Crippen LogP contribution is 1.71. The third-order valence-corrected chi connectivity index (χ3v) is 1.08. The van der Waals surface area contributed by atoms with E-state index in [1.165, 1.54) is 0 Å². The van der Waals surface area contributed by atoms with Gasteiger partial charge in [-0.1, -0.05) is 0 Å². The van der Waals surface area contributed by atoms with E-state index < -0.39 is 5.91 Å². The molecule has 0 fully saturated rings. The second-order valence-corrected chi connectivity index (χ2v) is 1.85. The van der Waals surface area contributed by atoms with Crippen molar-refractivity contribution in [3.63, 3.8) is 0 Å². The summed E-state index contributed by atoms with van der Waals surface area (Å²) in [5.41, 5.74) is 1.52. The second kappa shape index (κ2) is 2.97. The standard InChI is InChI=1S/C4H7N5O2/c5-7-3(10)2-9-4(11)1-6-8-9/h1,8H,2,5H2,(H,7,10). The van der Waals surface area contributed by atoms with Crippen LogP contribution in [0.2, 0.25) is 0 Å². The number of aromatic amines is 1. The summed E-state index contributed by atoms with van der Waals surface area (Å²) in [5.74, 6) is 4.33. The molecule has 0 aromatic carbocycles. The van der Waals surface area contributed by atoms with Crippen LogP contribution in [-0.4, -0.2) is 20.9 Å². The fraction of sp³-hybridized carbons (Fsp3) is 0.250. The number of aromatic nitrogens is 3. The van der Waals surface area contributed by atoms with E-state index in [-0.39, 0.29) is 12.1 Å². The van der Waals surface area contributed by atoms with Gasteiger partial charge < -0.3 is 0 Å². The van der Waals surface area contributed by atoms with Crippen LogP contribution in [0.5, 0.6) is 0 Å². The van der Waals surface area contributed by atoms with Crippen molar-refractivity contribution in [3.8, 4) is 0 Å². The lowest BCUT2D eigenvalue weighted by Gasteiger charge is -1.97. The van der Waals surface area contributed by atoms with Gasteiger partial charge in [-0.3, -0.25) is 15.0 Å². The number of nitrogens with two attached hydrogens (primary N) is 1. The van der Waals surface area contributed by atoms with Crippen molar-refractivity contribution in [1.82, 2.24) is 20.4 Å². The molecule has 1 heterocycles. The van der Waals surface area contributed by atoms with Gasteiger partial charge >= 0.3 is 0 Å². The Balaban J connectivity index is 2.72. The smallest absolute Gasteiger partial charge is 0.286 e. The van der Waals surface area contributed by atoms with E-state index in [9.17, 15) is 9.59 Å². The van der Waals surface area contributed by atoms with Gasteiger partial charge in [0.25, 0.3) is 11.5 Å². The Morgan fingerprint density at radius 3 is 3.09 bits per heavy atom. The molecule has 60 valence electrons. The lowest BCUT2D eigenvalue weighted by molar-refractivity contribution is -0.122. The van der Waals surface area contributed by atoms with Crippen molar-refractivity contribution in [2.45, 2.75) is 6.54 Å². The van der Waals surface area contributed by atoms with Gasteiger partial charge in [-0.25, -0.2) is 15.7 Å². The molecule has 0 radical (unpaired) electrons. The van der Waals surface area contributed by atoms with E-state index in [1.54, 1.807) is 0 Å². The molecule has 0 aliphatic carbocycles. The molecule has 0 spiro atoms. The van der Waals surface area contributed by atoms with Gasteiger partial charge in [0.15, 0.2) is 0 Å². The lowest BCUT2D eigenvalue weighted by atomic mass is 10.6. The maximum Gasteiger partial charge on any atom is 0.286 e. The second-order valence-electron chi connectivity index (χ2n) is 1.85. The minimum atomic E-state index is -0.462. The Hall–Kier alpha value is -1.63. The summed E-state index contributed by atoms with van der Waals surface area (Å²) >= 11 is 0. The van der Waals surface area contributed by atoms with Crippen LogP contribution in [0.3, 0.4) is 0 Å². The summed E-state index contributed by atoms with van der Waals surface area (Å²) < 4.78 is 1.03. The van der Waals surface area contributed by atoms with Gasteiger partial charge in [-0.15, -0.1) is 0 Å². The molecule has 0 aliphatic rings. The highest BCUT2D eigenvalue weighted by atomic mass is 16.2. The van der Waals surface area contributed by atoms with Crippen LogP contribution in [0, 0.1) is 0 Å². The predicted octanol–water partition coefficient (Wildman–Crippen LogP) is -2.44. The van der Waals surface area contributed by atoms with Gasteiger partial charge in [0.05, 0.1) is 0 Å². The van der Waals surface area contributed by atoms with Gasteiger partial charge in [0.1, 0.15) is 12.7 Å². The summed E-state index contributed by atoms with van der Waals surface area (Å²) in [6.45, 7) is -0.144. The van der Waals surface area contributed by atoms with Crippen LogP contribution in [0.1, 0.15) is 0 Å². The first kappa shape index (κ1) is 7.48. The molecule has 0 atom stereocenters. The Labute approximate surface area is 61.1 Å². The van der Waals surface area contributed by atoms with E-state index in [0.717, 1.165) is 10.9 Å². The first-order chi connectivity index (χ1) is 5.24. The molecule has 1 aromatic heterocycles. The SMILES string of the molecule is NNC(=O)Cn1[nH]ncc1=O. The monoisotopic (exact) mass is 157 g/mol. The topological polar surface area (TPSA) is 106 Å². The first-order valence-corrected chi connectivity index (χ1v) is 2.83. The number of hydrazine groups is 1. The van der Waals surface area contributed by atoms with Crippen molar-refractivity contribution < 1.29 is 4.79 Å². The number of amides is 1. The van der Waals surface area contributed by atoms with Gasteiger partial charge in [-0.05, 0) is 0 Å². The van der Waals surface area contributed by atoms with E-state index >= 15 is 0 Å². The molecule has 11 heavy (non-hydrogen) atoms. The number of hydrogen-bond donors (Lipinski definition) is 3. The van der Waals surface area contributed by atoms with Crippen LogP contribution in [0.25, 0.3) is 0 Å². The van der Waals surface area contributed by atoms with Crippen LogP contribution in [-0.2, 0) is 11.3 Å². The van der Waals surface area contributed by atoms with Gasteiger partial charge in [0.2, 0.25) is 0 Å². The molecule has 1 amide bonds. The number of nitrogens with zero attached hydrogens (tertiary/aromatic N) is 2. The molecule has 7 heteroatoms. The number of carbonyl (C=O) groups is 1. The third-order valence-electron chi connectivity index (χ3n) is 1.08. The quantitative estimate of drug-likeness (QED) is 0.252. The average Bonchev–Trinajstić information content (AvgIpc) is 2.37. The van der Waals surface area contributed by atoms with Crippen LogP contribution < -0.4 is 16.8 Å². The minimum Gasteiger partial charge on any atom is -0.293 e. The fourth-order valence-electron chi connectivity index (χ4n) is 0.575. The molecular formula is C4H7N5O2. The van der Waals surface area contributed by atoms with Gasteiger partial charge in [0, 0.05) is 0 Å². The molecule has 7 nitrogen and oxygen atoms in total. The highest BCUT2D eigenvalue weighted by Gasteiger charge is 2.01. The Bertz CT molecular complexity index is 299. The van der Waals surface area contributed by atoms with Crippen molar-refractivity contribution in [1.29, 1.82) is 0 Å². The summed E-state index contributed by atoms with van der Waals surface area (Å²) in [5, 5.41) is 5.72. The molecule has 1 rings (SSSR count).